The maximum absolute atomic E-state index is 12.1. The average Bonchev–Trinajstić information content (AvgIpc) is 4.08. The number of nitrogens with one attached hydrogen (secondary N) is 3. The van der Waals surface area contributed by atoms with Gasteiger partial charge in [0.15, 0.2) is 15.6 Å². The summed E-state index contributed by atoms with van der Waals surface area (Å²) in [7, 11) is 0. The van der Waals surface area contributed by atoms with Crippen LogP contribution in [-0.2, 0) is 22.4 Å². The van der Waals surface area contributed by atoms with Crippen LogP contribution in [0.3, 0.4) is 0 Å². The number of hydrogen-bond donors (Lipinski definition) is 5. The van der Waals surface area contributed by atoms with Gasteiger partial charge in [0.05, 0.1) is 24.2 Å². The van der Waals surface area contributed by atoms with Gasteiger partial charge >= 0.3 is 0 Å². The molecule has 0 radical (unpaired) electrons. The van der Waals surface area contributed by atoms with Crippen molar-refractivity contribution in [1.29, 1.82) is 0 Å². The smallest absolute Gasteiger partial charge is 0.279 e. The van der Waals surface area contributed by atoms with Gasteiger partial charge in [-0.05, 0) is 83.8 Å². The molecule has 0 spiro atoms. The van der Waals surface area contributed by atoms with E-state index in [0.717, 1.165) is 60.9 Å². The highest BCUT2D eigenvalue weighted by molar-refractivity contribution is 9.11. The quantitative estimate of drug-likeness (QED) is 0.125. The van der Waals surface area contributed by atoms with Crippen molar-refractivity contribution >= 4 is 79.0 Å². The summed E-state index contributed by atoms with van der Waals surface area (Å²) in [5, 5.41) is 41.4. The molecule has 6 aromatic heterocycles. The third kappa shape index (κ3) is 12.8. The Labute approximate surface area is 353 Å². The average molecular weight is 902 g/mol. The van der Waals surface area contributed by atoms with Crippen molar-refractivity contribution in [2.45, 2.75) is 37.5 Å². The van der Waals surface area contributed by atoms with Crippen LogP contribution in [0, 0.1) is 0 Å². The van der Waals surface area contributed by atoms with Crippen LogP contribution in [-0.4, -0.2) is 101 Å². The summed E-state index contributed by atoms with van der Waals surface area (Å²) < 4.78 is 0.566. The predicted molar refractivity (Wildman–Crippen MR) is 222 cm³/mol. The highest BCUT2D eigenvalue weighted by Gasteiger charge is 2.28. The third-order valence-electron chi connectivity index (χ3n) is 8.63. The van der Waals surface area contributed by atoms with Crippen LogP contribution >= 0.6 is 38.6 Å². The standard InChI is InChI=1S/C18H18N8O2S.C15H17N5O.C3H2BrN3OS/c19-16(28)17-24-25-18(29-17)26-8-6-11(10-26)13-4-5-14(23-22-13)21-15(27)9-12-3-1-2-7-20-12;21-15(9-12-3-1-2-7-17-12)18-14-5-4-13(19-20-14)11-6-8-16-10-11;4-3-7-6-2(9-3)1(5)8/h1-5,7,11H,6,8-10H2,(H2,19,28)(H,21,23,27);1-5,7,11,16H,6,8-10H2,(H,18,20,21);(H2,5,8). The predicted octanol–water partition coefficient (Wildman–Crippen LogP) is 2.53. The minimum atomic E-state index is -0.573. The van der Waals surface area contributed by atoms with Gasteiger partial charge in [-0.1, -0.05) is 34.8 Å². The van der Waals surface area contributed by atoms with E-state index in [1.54, 1.807) is 36.7 Å². The molecule has 0 aromatic carbocycles. The van der Waals surface area contributed by atoms with E-state index in [9.17, 15) is 19.2 Å². The summed E-state index contributed by atoms with van der Waals surface area (Å²) in [4.78, 5) is 55.8. The zero-order valence-corrected chi connectivity index (χ0v) is 34.4. The fourth-order valence-electron chi connectivity index (χ4n) is 5.79. The van der Waals surface area contributed by atoms with Crippen LogP contribution < -0.4 is 32.3 Å². The summed E-state index contributed by atoms with van der Waals surface area (Å²) in [6.07, 6.45) is 5.70. The first-order valence-corrected chi connectivity index (χ1v) is 20.5. The minimum Gasteiger partial charge on any atom is -0.363 e. The molecule has 2 fully saturated rings. The summed E-state index contributed by atoms with van der Waals surface area (Å²) >= 11 is 5.34. The molecule has 2 aliphatic heterocycles. The molecule has 59 heavy (non-hydrogen) atoms. The van der Waals surface area contributed by atoms with Crippen molar-refractivity contribution in [2.75, 3.05) is 41.7 Å². The van der Waals surface area contributed by atoms with Gasteiger partial charge in [0.2, 0.25) is 27.0 Å². The highest BCUT2D eigenvalue weighted by Crippen LogP contribution is 2.31. The zero-order valence-electron chi connectivity index (χ0n) is 31.1. The Kier molecular flexibility index (Phi) is 15.0. The summed E-state index contributed by atoms with van der Waals surface area (Å²) in [5.74, 6) is 0.0368. The molecule has 304 valence electrons. The molecule has 4 amide bonds. The van der Waals surface area contributed by atoms with Crippen LogP contribution in [0.4, 0.5) is 16.8 Å². The SMILES string of the molecule is NC(=O)c1nnc(Br)s1.NC(=O)c1nnc(N2CCC(c3ccc(NC(=O)Cc4ccccn4)nn3)C2)s1.O=C(Cc1ccccn1)Nc1ccc(C2CCNC2)nn1. The lowest BCUT2D eigenvalue weighted by molar-refractivity contribution is -0.116. The monoisotopic (exact) mass is 900 g/mol. The number of hydrogen-bond acceptors (Lipinski definition) is 18. The second-order valence-electron chi connectivity index (χ2n) is 12.9. The number of anilines is 3. The van der Waals surface area contributed by atoms with Gasteiger partial charge in [-0.2, -0.15) is 10.2 Å². The third-order valence-corrected chi connectivity index (χ3v) is 11.0. The van der Waals surface area contributed by atoms with E-state index in [4.69, 9.17) is 11.5 Å². The van der Waals surface area contributed by atoms with Gasteiger partial charge in [-0.15, -0.1) is 30.6 Å². The Hall–Kier alpha value is -6.30. The number of amides is 4. The maximum Gasteiger partial charge on any atom is 0.279 e. The van der Waals surface area contributed by atoms with Crippen molar-refractivity contribution < 1.29 is 19.2 Å². The van der Waals surface area contributed by atoms with Crippen LogP contribution in [0.5, 0.6) is 0 Å². The first-order chi connectivity index (χ1) is 28.6. The van der Waals surface area contributed by atoms with E-state index in [2.05, 4.69) is 87.5 Å². The largest absolute Gasteiger partial charge is 0.363 e. The molecule has 2 aliphatic rings. The second-order valence-corrected chi connectivity index (χ2v) is 16.1. The Morgan fingerprint density at radius 2 is 1.27 bits per heavy atom. The number of aromatic nitrogens is 10. The molecule has 2 saturated heterocycles. The van der Waals surface area contributed by atoms with Gasteiger partial charge in [0, 0.05) is 55.3 Å². The summed E-state index contributed by atoms with van der Waals surface area (Å²) in [6.45, 7) is 3.45. The number of rotatable bonds is 11. The highest BCUT2D eigenvalue weighted by atomic mass is 79.9. The second kappa shape index (κ2) is 20.9. The van der Waals surface area contributed by atoms with Crippen molar-refractivity contribution in [1.82, 2.24) is 56.1 Å². The Morgan fingerprint density at radius 1 is 0.695 bits per heavy atom. The summed E-state index contributed by atoms with van der Waals surface area (Å²) in [5.41, 5.74) is 13.4. The Bertz CT molecular complexity index is 2310. The zero-order chi connectivity index (χ0) is 41.6. The van der Waals surface area contributed by atoms with Crippen LogP contribution in [0.15, 0.2) is 77.0 Å². The van der Waals surface area contributed by atoms with Gasteiger partial charge in [-0.25, -0.2) is 0 Å². The molecule has 0 aliphatic carbocycles. The molecule has 6 aromatic rings. The molecular weight excluding hydrogens is 865 g/mol. The fraction of sp³-hybridized carbons (Fsp3) is 0.278. The van der Waals surface area contributed by atoms with E-state index in [1.165, 1.54) is 11.3 Å². The number of nitrogens with zero attached hydrogens (tertiary/aromatic N) is 11. The number of primary amides is 2. The number of pyridine rings is 2. The normalized spacial score (nSPS) is 15.6. The number of carbonyl (C=O) groups is 4. The molecule has 2 unspecified atom stereocenters. The van der Waals surface area contributed by atoms with Gasteiger partial charge < -0.3 is 32.3 Å². The molecule has 8 heterocycles. The Morgan fingerprint density at radius 3 is 1.71 bits per heavy atom. The van der Waals surface area contributed by atoms with Crippen LogP contribution in [0.2, 0.25) is 0 Å². The van der Waals surface area contributed by atoms with E-state index >= 15 is 0 Å². The first kappa shape index (κ1) is 42.3. The topological polar surface area (TPSA) is 289 Å². The molecular formula is C36H37BrN16O4S2. The molecule has 0 bridgehead atoms. The lowest BCUT2D eigenvalue weighted by Crippen LogP contribution is -2.19. The minimum absolute atomic E-state index is 0.140. The molecule has 7 N–H and O–H groups in total. The lowest BCUT2D eigenvalue weighted by Gasteiger charge is -2.13. The van der Waals surface area contributed by atoms with Crippen molar-refractivity contribution in [3.05, 3.63) is 110 Å². The van der Waals surface area contributed by atoms with E-state index in [0.29, 0.717) is 38.8 Å². The molecule has 20 nitrogen and oxygen atoms in total. The van der Waals surface area contributed by atoms with Crippen LogP contribution in [0.1, 0.15) is 67.1 Å². The van der Waals surface area contributed by atoms with E-state index in [-0.39, 0.29) is 40.6 Å². The first-order valence-electron chi connectivity index (χ1n) is 18.0. The molecule has 8 rings (SSSR count). The van der Waals surface area contributed by atoms with Crippen molar-refractivity contribution in [2.24, 2.45) is 11.5 Å². The van der Waals surface area contributed by atoms with Gasteiger partial charge in [-0.3, -0.25) is 29.1 Å². The molecule has 0 saturated carbocycles. The maximum atomic E-state index is 12.1. The van der Waals surface area contributed by atoms with E-state index < -0.39 is 11.8 Å². The molecule has 2 atom stereocenters. The van der Waals surface area contributed by atoms with Crippen molar-refractivity contribution in [3.63, 3.8) is 0 Å². The fourth-order valence-corrected chi connectivity index (χ4v) is 7.49. The van der Waals surface area contributed by atoms with Crippen molar-refractivity contribution in [3.8, 4) is 0 Å². The number of carbonyl (C=O) groups excluding carboxylic acids is 4. The number of halogens is 1. The Balaban J connectivity index is 0.000000169. The molecule has 23 heteroatoms. The van der Waals surface area contributed by atoms with Gasteiger partial charge in [0.25, 0.3) is 11.8 Å². The lowest BCUT2D eigenvalue weighted by atomic mass is 10.1. The van der Waals surface area contributed by atoms with E-state index in [1.807, 2.05) is 36.4 Å². The van der Waals surface area contributed by atoms with Crippen LogP contribution in [0.25, 0.3) is 0 Å². The van der Waals surface area contributed by atoms with Gasteiger partial charge in [0.1, 0.15) is 0 Å². The number of nitrogens with two attached hydrogens (primary N) is 2. The summed E-state index contributed by atoms with van der Waals surface area (Å²) in [6, 6.07) is 18.3.